The Morgan fingerprint density at radius 2 is 2.17 bits per heavy atom. The second-order valence-electron chi connectivity index (χ2n) is 7.65. The van der Waals surface area contributed by atoms with Gasteiger partial charge in [-0.15, -0.1) is 0 Å². The van der Waals surface area contributed by atoms with Gasteiger partial charge in [-0.05, 0) is 41.3 Å². The number of urea groups is 1. The topological polar surface area (TPSA) is 60.0 Å². The van der Waals surface area contributed by atoms with Crippen LogP contribution in [0.3, 0.4) is 0 Å². The van der Waals surface area contributed by atoms with E-state index in [0.29, 0.717) is 13.1 Å². The Morgan fingerprint density at radius 1 is 1.31 bits per heavy atom. The smallest absolute Gasteiger partial charge is 0.317 e. The minimum absolute atomic E-state index is 0.0630. The average Bonchev–Trinajstić information content (AvgIpc) is 3.06. The number of halogens is 1. The Balaban J connectivity index is 1.61. The highest BCUT2D eigenvalue weighted by Crippen LogP contribution is 2.39. The molecule has 5 rings (SSSR count). The monoisotopic (exact) mass is 391 g/mol. The number of carbonyl (C=O) groups excluding carboxylic acids is 1. The molecule has 1 aromatic carbocycles. The van der Waals surface area contributed by atoms with Crippen molar-refractivity contribution >= 4 is 23.4 Å². The molecule has 0 unspecified atom stereocenters. The van der Waals surface area contributed by atoms with Gasteiger partial charge in [-0.3, -0.25) is 5.43 Å². The third-order valence-electron chi connectivity index (χ3n) is 5.81. The van der Waals surface area contributed by atoms with Crippen molar-refractivity contribution in [2.75, 3.05) is 33.7 Å². The molecule has 0 fully saturated rings. The zero-order valence-corrected chi connectivity index (χ0v) is 16.4. The summed E-state index contributed by atoms with van der Waals surface area (Å²) in [5.74, 6) is -0.250. The Bertz CT molecular complexity index is 1080. The van der Waals surface area contributed by atoms with Gasteiger partial charge in [0.05, 0.1) is 11.4 Å². The number of nitrogens with one attached hydrogen (secondary N) is 2. The number of amides is 2. The van der Waals surface area contributed by atoms with Crippen LogP contribution in [0, 0.1) is 5.82 Å². The maximum atomic E-state index is 14.3. The van der Waals surface area contributed by atoms with Crippen LogP contribution in [0.1, 0.15) is 23.1 Å². The molecule has 2 amide bonds. The number of hydrogen-bond acceptors (Lipinski definition) is 4. The third-order valence-corrected chi connectivity index (χ3v) is 5.81. The van der Waals surface area contributed by atoms with Gasteiger partial charge in [-0.1, -0.05) is 12.2 Å². The summed E-state index contributed by atoms with van der Waals surface area (Å²) in [7, 11) is 3.67. The minimum Gasteiger partial charge on any atom is -0.375 e. The molecule has 1 aliphatic carbocycles. The largest absolute Gasteiger partial charge is 0.375 e. The molecule has 3 heterocycles. The Labute approximate surface area is 168 Å². The molecule has 7 heteroatoms. The highest BCUT2D eigenvalue weighted by atomic mass is 19.1. The molecule has 0 saturated heterocycles. The lowest BCUT2D eigenvalue weighted by molar-refractivity contribution is 0.204. The van der Waals surface area contributed by atoms with E-state index < -0.39 is 0 Å². The number of carbonyl (C=O) groups is 1. The van der Waals surface area contributed by atoms with Crippen LogP contribution in [0.25, 0.3) is 11.6 Å². The lowest BCUT2D eigenvalue weighted by Gasteiger charge is -2.32. The fraction of sp³-hybridized carbons (Fsp3) is 0.273. The molecule has 0 saturated carbocycles. The highest BCUT2D eigenvalue weighted by Gasteiger charge is 2.30. The predicted octanol–water partition coefficient (Wildman–Crippen LogP) is 2.67. The van der Waals surface area contributed by atoms with Crippen molar-refractivity contribution < 1.29 is 9.18 Å². The fourth-order valence-electron chi connectivity index (χ4n) is 4.42. The molecule has 3 aliphatic heterocycles. The summed E-state index contributed by atoms with van der Waals surface area (Å²) in [5, 5.41) is 7.29. The van der Waals surface area contributed by atoms with Gasteiger partial charge in [0.25, 0.3) is 0 Å². The van der Waals surface area contributed by atoms with Crippen LogP contribution >= 0.6 is 0 Å². The van der Waals surface area contributed by atoms with Crippen molar-refractivity contribution in [3.8, 4) is 0 Å². The van der Waals surface area contributed by atoms with E-state index in [9.17, 15) is 9.18 Å². The molecule has 0 bridgehead atoms. The molecular weight excluding hydrogens is 369 g/mol. The summed E-state index contributed by atoms with van der Waals surface area (Å²) in [6, 6.07) is 3.09. The number of rotatable bonds is 1. The zero-order valence-electron chi connectivity index (χ0n) is 16.4. The van der Waals surface area contributed by atoms with Gasteiger partial charge < -0.3 is 15.1 Å². The van der Waals surface area contributed by atoms with Crippen LogP contribution in [0.5, 0.6) is 0 Å². The normalized spacial score (nSPS) is 19.6. The summed E-state index contributed by atoms with van der Waals surface area (Å²) in [4.78, 5) is 15.8. The van der Waals surface area contributed by atoms with Gasteiger partial charge in [0, 0.05) is 56.6 Å². The maximum absolute atomic E-state index is 14.3. The number of allylic oxidation sites excluding steroid dienone is 2. The molecule has 6 nitrogen and oxygen atoms in total. The first-order valence-corrected chi connectivity index (χ1v) is 9.73. The first-order valence-electron chi connectivity index (χ1n) is 9.73. The van der Waals surface area contributed by atoms with Gasteiger partial charge in [0.1, 0.15) is 5.82 Å². The number of hydrogen-bond donors (Lipinski definition) is 2. The number of hydrazone groups is 1. The quantitative estimate of drug-likeness (QED) is 0.774. The zero-order chi connectivity index (χ0) is 20.1. The molecule has 4 aliphatic rings. The molecule has 1 aromatic rings. The van der Waals surface area contributed by atoms with E-state index in [1.807, 2.05) is 19.2 Å². The van der Waals surface area contributed by atoms with Crippen LogP contribution in [0.15, 0.2) is 52.4 Å². The summed E-state index contributed by atoms with van der Waals surface area (Å²) in [6.45, 7) is 1.97. The van der Waals surface area contributed by atoms with Gasteiger partial charge in [-0.2, -0.15) is 5.10 Å². The highest BCUT2D eigenvalue weighted by molar-refractivity contribution is 6.20. The molecular formula is C22H22FN5O. The standard InChI is InChI=1S/C22H22FN5O/c1-24-22(29)28-7-5-13(6-8-28)17-11-27(2)12-18-16-10-15(23)9-14-3-4-19(20(14)16)25-26-21(17)18/h3-5,9-10,12,26H,6-8,11H2,1-2H3,(H,24,29). The average molecular weight is 391 g/mol. The lowest BCUT2D eigenvalue weighted by Crippen LogP contribution is -2.41. The number of fused-ring (bicyclic) bond motifs is 2. The first kappa shape index (κ1) is 17.7. The second-order valence-corrected chi connectivity index (χ2v) is 7.65. The van der Waals surface area contributed by atoms with E-state index in [2.05, 4.69) is 33.0 Å². The summed E-state index contributed by atoms with van der Waals surface area (Å²) < 4.78 is 14.3. The molecule has 148 valence electrons. The van der Waals surface area contributed by atoms with Crippen molar-refractivity contribution in [3.05, 3.63) is 69.8 Å². The SMILES string of the molecule is CNC(=O)N1CC=C(C2=C3NN=C4C=Cc5cc(F)cc(c54)C3=CN(C)C2)CC1. The Kier molecular flexibility index (Phi) is 4.04. The molecule has 0 spiro atoms. The Hall–Kier alpha value is -3.35. The van der Waals surface area contributed by atoms with Gasteiger partial charge in [0.15, 0.2) is 0 Å². The molecule has 0 atom stereocenters. The number of nitrogens with zero attached hydrogens (tertiary/aromatic N) is 3. The van der Waals surface area contributed by atoms with Crippen LogP contribution < -0.4 is 10.7 Å². The number of benzene rings is 1. The van der Waals surface area contributed by atoms with E-state index in [1.54, 1.807) is 24.1 Å². The van der Waals surface area contributed by atoms with Crippen LogP contribution in [-0.2, 0) is 0 Å². The molecule has 2 N–H and O–H groups in total. The van der Waals surface area contributed by atoms with Crippen molar-refractivity contribution in [2.24, 2.45) is 5.10 Å². The Morgan fingerprint density at radius 3 is 2.93 bits per heavy atom. The lowest BCUT2D eigenvalue weighted by atomic mass is 9.88. The first-order chi connectivity index (χ1) is 14.0. The fourth-order valence-corrected chi connectivity index (χ4v) is 4.42. The summed E-state index contributed by atoms with van der Waals surface area (Å²) in [5.41, 5.74) is 11.0. The van der Waals surface area contributed by atoms with Crippen LogP contribution in [0.4, 0.5) is 9.18 Å². The maximum Gasteiger partial charge on any atom is 0.317 e. The second kappa shape index (κ2) is 6.62. The molecule has 0 aromatic heterocycles. The van der Waals surface area contributed by atoms with E-state index in [-0.39, 0.29) is 11.8 Å². The minimum atomic E-state index is -0.250. The van der Waals surface area contributed by atoms with Gasteiger partial charge in [-0.25, -0.2) is 9.18 Å². The predicted molar refractivity (Wildman–Crippen MR) is 111 cm³/mol. The van der Waals surface area contributed by atoms with Crippen molar-refractivity contribution in [3.63, 3.8) is 0 Å². The third kappa shape index (κ3) is 2.85. The van der Waals surface area contributed by atoms with Gasteiger partial charge >= 0.3 is 6.03 Å². The van der Waals surface area contributed by atoms with Crippen molar-refractivity contribution in [2.45, 2.75) is 6.42 Å². The number of likely N-dealkylation sites (N-methyl/N-ethyl adjacent to an activating group) is 1. The van der Waals surface area contributed by atoms with Crippen LogP contribution in [-0.4, -0.2) is 55.3 Å². The van der Waals surface area contributed by atoms with E-state index in [4.69, 9.17) is 0 Å². The van der Waals surface area contributed by atoms with E-state index in [0.717, 1.165) is 52.2 Å². The van der Waals surface area contributed by atoms with Crippen molar-refractivity contribution in [1.29, 1.82) is 0 Å². The van der Waals surface area contributed by atoms with Gasteiger partial charge in [0.2, 0.25) is 0 Å². The van der Waals surface area contributed by atoms with Crippen LogP contribution in [0.2, 0.25) is 0 Å². The van der Waals surface area contributed by atoms with E-state index >= 15 is 0 Å². The van der Waals surface area contributed by atoms with E-state index in [1.165, 1.54) is 5.57 Å². The molecule has 29 heavy (non-hydrogen) atoms. The summed E-state index contributed by atoms with van der Waals surface area (Å²) >= 11 is 0. The van der Waals surface area contributed by atoms with Crippen molar-refractivity contribution in [1.82, 2.24) is 20.5 Å². The summed E-state index contributed by atoms with van der Waals surface area (Å²) in [6.07, 6.45) is 8.76. The molecule has 0 radical (unpaired) electrons.